The normalized spacial score (nSPS) is 21.3. The molecule has 13 heavy (non-hydrogen) atoms. The van der Waals surface area contributed by atoms with Crippen molar-refractivity contribution in [3.05, 3.63) is 33.3 Å². The number of benzene rings is 1. The standard InChI is InChI=1S/C10H11Cl2N/c1-6-4-7-2-3-9(11)10(12)8(7)5-13-6/h2-3,6,13H,4-5H2,1H3/t6-/m0/s1. The van der Waals surface area contributed by atoms with Gasteiger partial charge in [-0.15, -0.1) is 0 Å². The molecule has 0 aliphatic carbocycles. The highest BCUT2D eigenvalue weighted by atomic mass is 35.5. The Hall–Kier alpha value is -0.240. The van der Waals surface area contributed by atoms with Gasteiger partial charge < -0.3 is 5.32 Å². The zero-order valence-electron chi connectivity index (χ0n) is 7.40. The molecule has 0 bridgehead atoms. The van der Waals surface area contributed by atoms with E-state index in [4.69, 9.17) is 23.2 Å². The van der Waals surface area contributed by atoms with Gasteiger partial charge in [-0.25, -0.2) is 0 Å². The lowest BCUT2D eigenvalue weighted by Crippen LogP contribution is -2.32. The number of hydrogen-bond acceptors (Lipinski definition) is 1. The summed E-state index contributed by atoms with van der Waals surface area (Å²) in [4.78, 5) is 0. The van der Waals surface area contributed by atoms with Crippen molar-refractivity contribution in [2.75, 3.05) is 0 Å². The van der Waals surface area contributed by atoms with Crippen molar-refractivity contribution in [2.24, 2.45) is 0 Å². The highest BCUT2D eigenvalue weighted by Crippen LogP contribution is 2.30. The third kappa shape index (κ3) is 1.69. The van der Waals surface area contributed by atoms with Gasteiger partial charge in [0.05, 0.1) is 10.0 Å². The average molecular weight is 216 g/mol. The van der Waals surface area contributed by atoms with E-state index in [1.807, 2.05) is 6.07 Å². The minimum absolute atomic E-state index is 0.532. The summed E-state index contributed by atoms with van der Waals surface area (Å²) >= 11 is 12.0. The fourth-order valence-corrected chi connectivity index (χ4v) is 2.12. The molecule has 0 amide bonds. The van der Waals surface area contributed by atoms with Crippen LogP contribution in [0.5, 0.6) is 0 Å². The first-order valence-corrected chi connectivity index (χ1v) is 5.13. The van der Waals surface area contributed by atoms with Crippen LogP contribution >= 0.6 is 23.2 Å². The number of hydrogen-bond donors (Lipinski definition) is 1. The molecule has 70 valence electrons. The minimum Gasteiger partial charge on any atom is -0.310 e. The summed E-state index contributed by atoms with van der Waals surface area (Å²) in [5.41, 5.74) is 2.48. The zero-order valence-corrected chi connectivity index (χ0v) is 8.91. The molecule has 1 aromatic rings. The van der Waals surface area contributed by atoms with Crippen molar-refractivity contribution in [2.45, 2.75) is 25.9 Å². The maximum absolute atomic E-state index is 6.09. The molecule has 1 heterocycles. The van der Waals surface area contributed by atoms with Crippen molar-refractivity contribution in [3.8, 4) is 0 Å². The Labute approximate surface area is 88.0 Å². The molecule has 0 unspecified atom stereocenters. The molecule has 1 nitrogen and oxygen atoms in total. The molecule has 2 rings (SSSR count). The maximum atomic E-state index is 6.09. The Morgan fingerprint density at radius 3 is 2.92 bits per heavy atom. The van der Waals surface area contributed by atoms with Gasteiger partial charge in [0, 0.05) is 12.6 Å². The molecular weight excluding hydrogens is 205 g/mol. The van der Waals surface area contributed by atoms with Crippen molar-refractivity contribution >= 4 is 23.2 Å². The first-order chi connectivity index (χ1) is 6.18. The van der Waals surface area contributed by atoms with Crippen LogP contribution in [-0.2, 0) is 13.0 Å². The van der Waals surface area contributed by atoms with E-state index in [2.05, 4.69) is 18.3 Å². The Bertz CT molecular complexity index is 336. The number of nitrogens with one attached hydrogen (secondary N) is 1. The number of fused-ring (bicyclic) bond motifs is 1. The summed E-state index contributed by atoms with van der Waals surface area (Å²) in [5, 5.41) is 4.72. The molecular formula is C10H11Cl2N. The molecule has 0 aromatic heterocycles. The molecule has 1 atom stereocenters. The van der Waals surface area contributed by atoms with Gasteiger partial charge in [-0.1, -0.05) is 29.3 Å². The third-order valence-electron chi connectivity index (χ3n) is 2.45. The summed E-state index contributed by atoms with van der Waals surface area (Å²) in [6.45, 7) is 3.00. The highest BCUT2D eigenvalue weighted by molar-refractivity contribution is 6.42. The lowest BCUT2D eigenvalue weighted by molar-refractivity contribution is 0.514. The summed E-state index contributed by atoms with van der Waals surface area (Å²) in [6.07, 6.45) is 1.03. The average Bonchev–Trinajstić information content (AvgIpc) is 2.12. The van der Waals surface area contributed by atoms with E-state index in [-0.39, 0.29) is 0 Å². The molecule has 0 spiro atoms. The summed E-state index contributed by atoms with van der Waals surface area (Å²) < 4.78 is 0. The second kappa shape index (κ2) is 3.49. The van der Waals surface area contributed by atoms with E-state index in [9.17, 15) is 0 Å². The fraction of sp³-hybridized carbons (Fsp3) is 0.400. The fourth-order valence-electron chi connectivity index (χ4n) is 1.69. The second-order valence-corrected chi connectivity index (χ2v) is 4.27. The van der Waals surface area contributed by atoms with Crippen LogP contribution in [0.25, 0.3) is 0 Å². The van der Waals surface area contributed by atoms with Crippen molar-refractivity contribution in [1.82, 2.24) is 5.32 Å². The topological polar surface area (TPSA) is 12.0 Å². The Kier molecular flexibility index (Phi) is 2.50. The third-order valence-corrected chi connectivity index (χ3v) is 3.29. The molecule has 1 N–H and O–H groups in total. The van der Waals surface area contributed by atoms with Crippen LogP contribution in [0.3, 0.4) is 0 Å². The molecule has 0 saturated carbocycles. The minimum atomic E-state index is 0.532. The van der Waals surface area contributed by atoms with Crippen molar-refractivity contribution in [3.63, 3.8) is 0 Å². The van der Waals surface area contributed by atoms with Crippen LogP contribution in [0.2, 0.25) is 10.0 Å². The van der Waals surface area contributed by atoms with Crippen LogP contribution in [0.15, 0.2) is 12.1 Å². The van der Waals surface area contributed by atoms with Gasteiger partial charge in [0.25, 0.3) is 0 Å². The lowest BCUT2D eigenvalue weighted by atomic mass is 9.97. The van der Waals surface area contributed by atoms with E-state index in [1.165, 1.54) is 5.56 Å². The molecule has 1 aliphatic heterocycles. The highest BCUT2D eigenvalue weighted by Gasteiger charge is 2.17. The largest absolute Gasteiger partial charge is 0.310 e. The van der Waals surface area contributed by atoms with E-state index in [1.54, 1.807) is 0 Å². The monoisotopic (exact) mass is 215 g/mol. The molecule has 0 radical (unpaired) electrons. The zero-order chi connectivity index (χ0) is 9.42. The Morgan fingerprint density at radius 1 is 1.38 bits per heavy atom. The Balaban J connectivity index is 2.47. The van der Waals surface area contributed by atoms with Crippen LogP contribution in [0.4, 0.5) is 0 Å². The van der Waals surface area contributed by atoms with Crippen molar-refractivity contribution in [1.29, 1.82) is 0 Å². The molecule has 1 aromatic carbocycles. The number of rotatable bonds is 0. The predicted molar refractivity (Wildman–Crippen MR) is 56.5 cm³/mol. The van der Waals surface area contributed by atoms with E-state index >= 15 is 0 Å². The van der Waals surface area contributed by atoms with Crippen molar-refractivity contribution < 1.29 is 0 Å². The van der Waals surface area contributed by atoms with E-state index < -0.39 is 0 Å². The first-order valence-electron chi connectivity index (χ1n) is 4.37. The smallest absolute Gasteiger partial charge is 0.0640 e. The molecule has 0 fully saturated rings. The van der Waals surface area contributed by atoms with E-state index in [0.717, 1.165) is 18.5 Å². The predicted octanol–water partition coefficient (Wildman–Crippen LogP) is 3.03. The SMILES string of the molecule is C[C@H]1Cc2ccc(Cl)c(Cl)c2CN1. The summed E-state index contributed by atoms with van der Waals surface area (Å²) in [5.74, 6) is 0. The lowest BCUT2D eigenvalue weighted by Gasteiger charge is -2.24. The van der Waals surface area contributed by atoms with Gasteiger partial charge in [-0.3, -0.25) is 0 Å². The molecule has 3 heteroatoms. The first kappa shape index (κ1) is 9.32. The van der Waals surface area contributed by atoms with E-state index in [0.29, 0.717) is 16.1 Å². The van der Waals surface area contributed by atoms with Gasteiger partial charge in [-0.05, 0) is 30.5 Å². The van der Waals surface area contributed by atoms with Crippen LogP contribution < -0.4 is 5.32 Å². The van der Waals surface area contributed by atoms with Gasteiger partial charge in [0.15, 0.2) is 0 Å². The van der Waals surface area contributed by atoms with Gasteiger partial charge in [0.1, 0.15) is 0 Å². The summed E-state index contributed by atoms with van der Waals surface area (Å²) in [7, 11) is 0. The maximum Gasteiger partial charge on any atom is 0.0640 e. The van der Waals surface area contributed by atoms with Gasteiger partial charge in [-0.2, -0.15) is 0 Å². The summed E-state index contributed by atoms with van der Waals surface area (Å²) in [6, 6.07) is 4.48. The molecule has 1 aliphatic rings. The van der Waals surface area contributed by atoms with Crippen LogP contribution in [0, 0.1) is 0 Å². The van der Waals surface area contributed by atoms with Crippen LogP contribution in [-0.4, -0.2) is 6.04 Å². The van der Waals surface area contributed by atoms with Crippen LogP contribution in [0.1, 0.15) is 18.1 Å². The Morgan fingerprint density at radius 2 is 2.15 bits per heavy atom. The molecule has 0 saturated heterocycles. The van der Waals surface area contributed by atoms with Gasteiger partial charge in [0.2, 0.25) is 0 Å². The number of halogens is 2. The second-order valence-electron chi connectivity index (χ2n) is 3.49. The quantitative estimate of drug-likeness (QED) is 0.702. The van der Waals surface area contributed by atoms with Gasteiger partial charge >= 0.3 is 0 Å².